The van der Waals surface area contributed by atoms with Crippen LogP contribution in [0.4, 0.5) is 5.69 Å². The van der Waals surface area contributed by atoms with Crippen LogP contribution in [0.1, 0.15) is 17.2 Å². The van der Waals surface area contributed by atoms with Gasteiger partial charge < -0.3 is 22.3 Å². The molecule has 0 bridgehead atoms. The maximum Gasteiger partial charge on any atom is 0.0685 e. The zero-order valence-corrected chi connectivity index (χ0v) is 8.46. The summed E-state index contributed by atoms with van der Waals surface area (Å²) in [6, 6.07) is 2.94. The van der Waals surface area contributed by atoms with Crippen LogP contribution in [0.15, 0.2) is 12.1 Å². The molecular formula is C9H14ClN3O. The van der Waals surface area contributed by atoms with Gasteiger partial charge in [0.2, 0.25) is 0 Å². The van der Waals surface area contributed by atoms with Gasteiger partial charge in [0.25, 0.3) is 0 Å². The van der Waals surface area contributed by atoms with Gasteiger partial charge in [0.05, 0.1) is 17.3 Å². The number of aliphatic hydroxyl groups is 1. The largest absolute Gasteiger partial charge is 0.397 e. The highest BCUT2D eigenvalue weighted by Crippen LogP contribution is 2.29. The number of aliphatic hydroxyl groups excluding tert-OH is 1. The standard InChI is InChI=1S/C9H14ClN3O/c10-6-2-1-5(4-14)8(9(6)13)7(12)3-11/h1-2,7,14H,3-4,11-13H2. The third-order valence-electron chi connectivity index (χ3n) is 2.12. The lowest BCUT2D eigenvalue weighted by atomic mass is 9.99. The SMILES string of the molecule is NCC(N)c1c(CO)ccc(Cl)c1N. The first-order valence-electron chi connectivity index (χ1n) is 4.25. The van der Waals surface area contributed by atoms with E-state index in [-0.39, 0.29) is 13.2 Å². The molecule has 7 N–H and O–H groups in total. The Morgan fingerprint density at radius 1 is 1.43 bits per heavy atom. The Morgan fingerprint density at radius 3 is 2.57 bits per heavy atom. The molecule has 0 saturated carbocycles. The van der Waals surface area contributed by atoms with Crippen LogP contribution in [0.2, 0.25) is 5.02 Å². The smallest absolute Gasteiger partial charge is 0.0685 e. The fourth-order valence-electron chi connectivity index (χ4n) is 1.35. The molecule has 0 aliphatic heterocycles. The summed E-state index contributed by atoms with van der Waals surface area (Å²) >= 11 is 5.84. The van der Waals surface area contributed by atoms with Crippen molar-refractivity contribution in [3.63, 3.8) is 0 Å². The Hall–Kier alpha value is -0.810. The number of hydrogen-bond acceptors (Lipinski definition) is 4. The molecule has 0 spiro atoms. The maximum atomic E-state index is 9.08. The molecule has 0 heterocycles. The normalized spacial score (nSPS) is 12.9. The second kappa shape index (κ2) is 4.61. The molecule has 1 unspecified atom stereocenters. The Kier molecular flexibility index (Phi) is 3.71. The lowest BCUT2D eigenvalue weighted by molar-refractivity contribution is 0.280. The average molecular weight is 216 g/mol. The molecule has 0 radical (unpaired) electrons. The lowest BCUT2D eigenvalue weighted by Gasteiger charge is -2.17. The Bertz CT molecular complexity index is 330. The van der Waals surface area contributed by atoms with E-state index in [1.54, 1.807) is 12.1 Å². The van der Waals surface area contributed by atoms with Gasteiger partial charge in [-0.25, -0.2) is 0 Å². The molecule has 0 aromatic heterocycles. The van der Waals surface area contributed by atoms with Crippen LogP contribution >= 0.6 is 11.6 Å². The summed E-state index contributed by atoms with van der Waals surface area (Å²) in [5.74, 6) is 0. The van der Waals surface area contributed by atoms with E-state index in [0.29, 0.717) is 21.8 Å². The van der Waals surface area contributed by atoms with Gasteiger partial charge in [-0.05, 0) is 11.6 Å². The number of hydrogen-bond donors (Lipinski definition) is 4. The van der Waals surface area contributed by atoms with E-state index >= 15 is 0 Å². The first-order valence-corrected chi connectivity index (χ1v) is 4.62. The lowest BCUT2D eigenvalue weighted by Crippen LogP contribution is -2.23. The van der Waals surface area contributed by atoms with E-state index in [4.69, 9.17) is 33.9 Å². The third kappa shape index (κ3) is 1.99. The van der Waals surface area contributed by atoms with Crippen molar-refractivity contribution < 1.29 is 5.11 Å². The number of nitrogen functional groups attached to an aromatic ring is 1. The van der Waals surface area contributed by atoms with Gasteiger partial charge in [0.1, 0.15) is 0 Å². The highest BCUT2D eigenvalue weighted by molar-refractivity contribution is 6.33. The molecule has 4 nitrogen and oxygen atoms in total. The molecule has 1 atom stereocenters. The van der Waals surface area contributed by atoms with Crippen LogP contribution in [0, 0.1) is 0 Å². The van der Waals surface area contributed by atoms with Crippen molar-refractivity contribution in [1.29, 1.82) is 0 Å². The van der Waals surface area contributed by atoms with E-state index in [9.17, 15) is 0 Å². The van der Waals surface area contributed by atoms with Gasteiger partial charge in [0, 0.05) is 18.2 Å². The Morgan fingerprint density at radius 2 is 2.07 bits per heavy atom. The van der Waals surface area contributed by atoms with Crippen molar-refractivity contribution in [3.05, 3.63) is 28.3 Å². The summed E-state index contributed by atoms with van der Waals surface area (Å²) in [5.41, 5.74) is 18.7. The van der Waals surface area contributed by atoms with Gasteiger partial charge in [-0.2, -0.15) is 0 Å². The summed E-state index contributed by atoms with van der Waals surface area (Å²) < 4.78 is 0. The Labute approximate surface area is 87.6 Å². The van der Waals surface area contributed by atoms with Crippen LogP contribution in [-0.2, 0) is 6.61 Å². The average Bonchev–Trinajstić information content (AvgIpc) is 2.20. The summed E-state index contributed by atoms with van der Waals surface area (Å²) in [4.78, 5) is 0. The highest BCUT2D eigenvalue weighted by Gasteiger charge is 2.14. The predicted octanol–water partition coefficient (Wildman–Crippen LogP) is 0.373. The van der Waals surface area contributed by atoms with Gasteiger partial charge >= 0.3 is 0 Å². The van der Waals surface area contributed by atoms with Crippen LogP contribution in [0.3, 0.4) is 0 Å². The molecule has 0 saturated heterocycles. The van der Waals surface area contributed by atoms with Gasteiger partial charge in [0.15, 0.2) is 0 Å². The molecule has 78 valence electrons. The van der Waals surface area contributed by atoms with Crippen molar-refractivity contribution in [2.75, 3.05) is 12.3 Å². The third-order valence-corrected chi connectivity index (χ3v) is 2.45. The fraction of sp³-hybridized carbons (Fsp3) is 0.333. The van der Waals surface area contributed by atoms with Crippen molar-refractivity contribution >= 4 is 17.3 Å². The summed E-state index contributed by atoms with van der Waals surface area (Å²) in [7, 11) is 0. The second-order valence-electron chi connectivity index (χ2n) is 3.03. The zero-order valence-electron chi connectivity index (χ0n) is 7.70. The van der Waals surface area contributed by atoms with Crippen LogP contribution in [-0.4, -0.2) is 11.7 Å². The molecule has 1 aromatic rings. The van der Waals surface area contributed by atoms with Gasteiger partial charge in [-0.1, -0.05) is 17.7 Å². The summed E-state index contributed by atoms with van der Waals surface area (Å²) in [6.07, 6.45) is 0. The van der Waals surface area contributed by atoms with Crippen molar-refractivity contribution in [3.8, 4) is 0 Å². The van der Waals surface area contributed by atoms with E-state index < -0.39 is 6.04 Å². The van der Waals surface area contributed by atoms with Crippen LogP contribution < -0.4 is 17.2 Å². The molecule has 5 heteroatoms. The highest BCUT2D eigenvalue weighted by atomic mass is 35.5. The zero-order chi connectivity index (χ0) is 10.7. The van der Waals surface area contributed by atoms with Crippen LogP contribution in [0.25, 0.3) is 0 Å². The fourth-order valence-corrected chi connectivity index (χ4v) is 1.51. The van der Waals surface area contributed by atoms with Gasteiger partial charge in [-0.3, -0.25) is 0 Å². The molecule has 0 aliphatic carbocycles. The summed E-state index contributed by atoms with van der Waals surface area (Å²) in [5, 5.41) is 9.51. The van der Waals surface area contributed by atoms with E-state index in [2.05, 4.69) is 0 Å². The van der Waals surface area contributed by atoms with Crippen molar-refractivity contribution in [2.45, 2.75) is 12.6 Å². The van der Waals surface area contributed by atoms with Crippen molar-refractivity contribution in [2.24, 2.45) is 11.5 Å². The minimum atomic E-state index is -0.393. The monoisotopic (exact) mass is 215 g/mol. The first-order chi connectivity index (χ1) is 6.61. The van der Waals surface area contributed by atoms with E-state index in [1.165, 1.54) is 0 Å². The topological polar surface area (TPSA) is 98.3 Å². The van der Waals surface area contributed by atoms with E-state index in [1.807, 2.05) is 0 Å². The van der Waals surface area contributed by atoms with Gasteiger partial charge in [-0.15, -0.1) is 0 Å². The molecule has 1 aromatic carbocycles. The van der Waals surface area contributed by atoms with Crippen molar-refractivity contribution in [1.82, 2.24) is 0 Å². The maximum absolute atomic E-state index is 9.08. The number of nitrogens with two attached hydrogens (primary N) is 3. The molecular weight excluding hydrogens is 202 g/mol. The quantitative estimate of drug-likeness (QED) is 0.548. The molecule has 0 fully saturated rings. The predicted molar refractivity (Wildman–Crippen MR) is 57.8 cm³/mol. The minimum absolute atomic E-state index is 0.121. The minimum Gasteiger partial charge on any atom is -0.397 e. The Balaban J connectivity index is 3.27. The molecule has 1 rings (SSSR count). The molecule has 0 amide bonds. The van der Waals surface area contributed by atoms with E-state index in [0.717, 1.165) is 0 Å². The molecule has 14 heavy (non-hydrogen) atoms. The summed E-state index contributed by atoms with van der Waals surface area (Å²) in [6.45, 7) is 0.141. The number of rotatable bonds is 3. The second-order valence-corrected chi connectivity index (χ2v) is 3.44. The first kappa shape index (κ1) is 11.3. The number of benzene rings is 1. The number of halogens is 1. The number of anilines is 1. The van der Waals surface area contributed by atoms with Crippen LogP contribution in [0.5, 0.6) is 0 Å². The molecule has 0 aliphatic rings.